The van der Waals surface area contributed by atoms with Gasteiger partial charge in [-0.25, -0.2) is 9.97 Å². The van der Waals surface area contributed by atoms with Crippen molar-refractivity contribution in [3.05, 3.63) is 34.4 Å². The van der Waals surface area contributed by atoms with E-state index in [1.807, 2.05) is 13.8 Å². The van der Waals surface area contributed by atoms with Crippen LogP contribution in [0, 0.1) is 11.3 Å². The Balaban J connectivity index is 2.03. The van der Waals surface area contributed by atoms with Crippen molar-refractivity contribution in [2.75, 3.05) is 18.6 Å². The second-order valence-electron chi connectivity index (χ2n) is 5.62. The summed E-state index contributed by atoms with van der Waals surface area (Å²) in [5.74, 6) is 1.22. The highest BCUT2D eigenvalue weighted by Crippen LogP contribution is 2.30. The van der Waals surface area contributed by atoms with E-state index in [0.717, 1.165) is 48.3 Å². The molecule has 0 amide bonds. The molecule has 2 aromatic rings. The summed E-state index contributed by atoms with van der Waals surface area (Å²) in [6.07, 6.45) is 3.83. The van der Waals surface area contributed by atoms with Gasteiger partial charge in [0, 0.05) is 13.0 Å². The van der Waals surface area contributed by atoms with Crippen molar-refractivity contribution in [2.24, 2.45) is 0 Å². The first-order valence-corrected chi connectivity index (χ1v) is 8.13. The summed E-state index contributed by atoms with van der Waals surface area (Å²) < 4.78 is 5.36. The van der Waals surface area contributed by atoms with Gasteiger partial charge in [0.1, 0.15) is 18.0 Å². The molecule has 3 heterocycles. The number of aryl methyl sites for hydroxylation is 1. The standard InChI is InChI=1S/C17H20N6O/c1-4-11-12(8-18)16(22-21-14(11)5-2)23-7-6-15-13(9-23)17(24-3)20-10-19-15/h10H,4-7,9H2,1-3H3. The lowest BCUT2D eigenvalue weighted by Crippen LogP contribution is -2.33. The Morgan fingerprint density at radius 2 is 2.08 bits per heavy atom. The fraction of sp³-hybridized carbons (Fsp3) is 0.471. The first kappa shape index (κ1) is 16.1. The maximum Gasteiger partial charge on any atom is 0.221 e. The fourth-order valence-electron chi connectivity index (χ4n) is 3.17. The first-order valence-electron chi connectivity index (χ1n) is 8.13. The average molecular weight is 324 g/mol. The van der Waals surface area contributed by atoms with Gasteiger partial charge in [0.2, 0.25) is 5.88 Å². The van der Waals surface area contributed by atoms with Crippen LogP contribution in [0.1, 0.15) is 41.9 Å². The average Bonchev–Trinajstić information content (AvgIpc) is 2.65. The quantitative estimate of drug-likeness (QED) is 0.847. The Morgan fingerprint density at radius 3 is 2.75 bits per heavy atom. The van der Waals surface area contributed by atoms with Gasteiger partial charge in [-0.05, 0) is 18.4 Å². The van der Waals surface area contributed by atoms with E-state index in [-0.39, 0.29) is 0 Å². The summed E-state index contributed by atoms with van der Waals surface area (Å²) in [4.78, 5) is 10.6. The molecule has 0 spiro atoms. The van der Waals surface area contributed by atoms with E-state index in [4.69, 9.17) is 4.74 Å². The van der Waals surface area contributed by atoms with Gasteiger partial charge in [-0.3, -0.25) is 0 Å². The van der Waals surface area contributed by atoms with Crippen LogP contribution >= 0.6 is 0 Å². The molecule has 0 saturated heterocycles. The molecule has 0 N–H and O–H groups in total. The molecule has 7 nitrogen and oxygen atoms in total. The van der Waals surface area contributed by atoms with E-state index in [0.29, 0.717) is 23.8 Å². The molecule has 0 radical (unpaired) electrons. The Hall–Kier alpha value is -2.75. The summed E-state index contributed by atoms with van der Waals surface area (Å²) in [6.45, 7) is 5.38. The third-order valence-electron chi connectivity index (χ3n) is 4.39. The normalized spacial score (nSPS) is 13.3. The van der Waals surface area contributed by atoms with E-state index in [1.165, 1.54) is 6.33 Å². The minimum absolute atomic E-state index is 0.567. The summed E-state index contributed by atoms with van der Waals surface area (Å²) in [5.41, 5.74) is 4.46. The van der Waals surface area contributed by atoms with Gasteiger partial charge in [0.05, 0.1) is 30.6 Å². The molecule has 0 atom stereocenters. The predicted molar refractivity (Wildman–Crippen MR) is 88.8 cm³/mol. The van der Waals surface area contributed by atoms with Crippen molar-refractivity contribution < 1.29 is 4.74 Å². The van der Waals surface area contributed by atoms with Gasteiger partial charge in [-0.15, -0.1) is 5.10 Å². The van der Waals surface area contributed by atoms with Gasteiger partial charge < -0.3 is 9.64 Å². The lowest BCUT2D eigenvalue weighted by atomic mass is 10.0. The van der Waals surface area contributed by atoms with Crippen molar-refractivity contribution in [2.45, 2.75) is 39.7 Å². The lowest BCUT2D eigenvalue weighted by Gasteiger charge is -2.30. The molecule has 1 aliphatic rings. The summed E-state index contributed by atoms with van der Waals surface area (Å²) in [5, 5.41) is 18.4. The van der Waals surface area contributed by atoms with Crippen LogP contribution in [-0.2, 0) is 25.8 Å². The molecule has 0 aliphatic carbocycles. The second kappa shape index (κ2) is 6.79. The van der Waals surface area contributed by atoms with E-state index in [1.54, 1.807) is 7.11 Å². The summed E-state index contributed by atoms with van der Waals surface area (Å²) in [6, 6.07) is 2.33. The molecule has 1 aliphatic heterocycles. The molecule has 7 heteroatoms. The van der Waals surface area contributed by atoms with Crippen molar-refractivity contribution in [1.29, 1.82) is 5.26 Å². The molecule has 0 saturated carbocycles. The van der Waals surface area contributed by atoms with Gasteiger partial charge in [0.25, 0.3) is 0 Å². The number of hydrogen-bond donors (Lipinski definition) is 0. The van der Waals surface area contributed by atoms with Crippen LogP contribution in [0.15, 0.2) is 6.33 Å². The van der Waals surface area contributed by atoms with Crippen LogP contribution in [0.5, 0.6) is 5.88 Å². The highest BCUT2D eigenvalue weighted by Gasteiger charge is 2.26. The second-order valence-corrected chi connectivity index (χ2v) is 5.62. The topological polar surface area (TPSA) is 87.8 Å². The van der Waals surface area contributed by atoms with Gasteiger partial charge in [-0.2, -0.15) is 10.4 Å². The number of methoxy groups -OCH3 is 1. The van der Waals surface area contributed by atoms with Crippen molar-refractivity contribution in [1.82, 2.24) is 20.2 Å². The molecule has 0 bridgehead atoms. The molecule has 3 rings (SSSR count). The van der Waals surface area contributed by atoms with Crippen LogP contribution in [0.3, 0.4) is 0 Å². The van der Waals surface area contributed by atoms with Crippen LogP contribution in [0.2, 0.25) is 0 Å². The summed E-state index contributed by atoms with van der Waals surface area (Å²) >= 11 is 0. The Labute approximate surface area is 141 Å². The van der Waals surface area contributed by atoms with Crippen LogP contribution in [0.4, 0.5) is 5.82 Å². The van der Waals surface area contributed by atoms with Gasteiger partial charge in [0.15, 0.2) is 5.82 Å². The van der Waals surface area contributed by atoms with E-state index in [9.17, 15) is 5.26 Å². The molecular weight excluding hydrogens is 304 g/mol. The van der Waals surface area contributed by atoms with Crippen LogP contribution < -0.4 is 9.64 Å². The Morgan fingerprint density at radius 1 is 1.25 bits per heavy atom. The number of aromatic nitrogens is 4. The number of anilines is 1. The molecule has 0 aromatic carbocycles. The minimum atomic E-state index is 0.567. The molecule has 0 unspecified atom stereocenters. The maximum absolute atomic E-state index is 9.68. The SMILES string of the molecule is CCc1nnc(N2CCc3ncnc(OC)c3C2)c(C#N)c1CC. The highest BCUT2D eigenvalue weighted by molar-refractivity contribution is 5.59. The van der Waals surface area contributed by atoms with E-state index >= 15 is 0 Å². The number of fused-ring (bicyclic) bond motifs is 1. The third-order valence-corrected chi connectivity index (χ3v) is 4.39. The monoisotopic (exact) mass is 324 g/mol. The van der Waals surface area contributed by atoms with Crippen LogP contribution in [0.25, 0.3) is 0 Å². The maximum atomic E-state index is 9.68. The smallest absolute Gasteiger partial charge is 0.221 e. The Kier molecular flexibility index (Phi) is 4.56. The molecule has 124 valence electrons. The van der Waals surface area contributed by atoms with Gasteiger partial charge >= 0.3 is 0 Å². The van der Waals surface area contributed by atoms with Crippen molar-refractivity contribution >= 4 is 5.82 Å². The first-order chi connectivity index (χ1) is 11.7. The number of ether oxygens (including phenoxy) is 1. The molecule has 0 fully saturated rings. The van der Waals surface area contributed by atoms with Gasteiger partial charge in [-0.1, -0.05) is 13.8 Å². The van der Waals surface area contributed by atoms with E-state index < -0.39 is 0 Å². The lowest BCUT2D eigenvalue weighted by molar-refractivity contribution is 0.387. The molecular formula is C17H20N6O. The van der Waals surface area contributed by atoms with Crippen molar-refractivity contribution in [3.8, 4) is 11.9 Å². The number of hydrogen-bond acceptors (Lipinski definition) is 7. The number of rotatable bonds is 4. The van der Waals surface area contributed by atoms with Crippen molar-refractivity contribution in [3.63, 3.8) is 0 Å². The predicted octanol–water partition coefficient (Wildman–Crippen LogP) is 1.83. The zero-order valence-electron chi connectivity index (χ0n) is 14.2. The molecule has 24 heavy (non-hydrogen) atoms. The molecule has 2 aromatic heterocycles. The van der Waals surface area contributed by atoms with Crippen LogP contribution in [-0.4, -0.2) is 33.8 Å². The minimum Gasteiger partial charge on any atom is -0.481 e. The Bertz CT molecular complexity index is 784. The highest BCUT2D eigenvalue weighted by atomic mass is 16.5. The number of nitriles is 1. The third kappa shape index (κ3) is 2.64. The summed E-state index contributed by atoms with van der Waals surface area (Å²) in [7, 11) is 1.60. The zero-order valence-corrected chi connectivity index (χ0v) is 14.2. The zero-order chi connectivity index (χ0) is 17.1. The van der Waals surface area contributed by atoms with E-state index in [2.05, 4.69) is 31.1 Å². The largest absolute Gasteiger partial charge is 0.481 e. The number of nitrogens with zero attached hydrogens (tertiary/aromatic N) is 6. The fourth-order valence-corrected chi connectivity index (χ4v) is 3.17.